The highest BCUT2D eigenvalue weighted by Crippen LogP contribution is 2.39. The van der Waals surface area contributed by atoms with Gasteiger partial charge in [-0.2, -0.15) is 5.10 Å². The number of benzene rings is 2. The average molecular weight is 381 g/mol. The van der Waals surface area contributed by atoms with Crippen molar-refractivity contribution in [1.29, 1.82) is 0 Å². The molecule has 1 unspecified atom stereocenters. The fraction of sp³-hybridized carbons (Fsp3) is 0.238. The molecule has 0 saturated carbocycles. The molecule has 1 atom stereocenters. The number of hydrogen-bond donors (Lipinski definition) is 1. The van der Waals surface area contributed by atoms with Crippen molar-refractivity contribution in [2.24, 2.45) is 0 Å². The van der Waals surface area contributed by atoms with E-state index in [1.165, 1.54) is 0 Å². The number of rotatable bonds is 7. The summed E-state index contributed by atoms with van der Waals surface area (Å²) in [6, 6.07) is 14.6. The van der Waals surface area contributed by atoms with Crippen molar-refractivity contribution in [2.75, 3.05) is 21.3 Å². The van der Waals surface area contributed by atoms with Gasteiger partial charge < -0.3 is 19.5 Å². The lowest BCUT2D eigenvalue weighted by molar-refractivity contribution is 0.0934. The second-order valence-corrected chi connectivity index (χ2v) is 6.13. The van der Waals surface area contributed by atoms with Crippen LogP contribution in [0.15, 0.2) is 54.7 Å². The predicted octanol–water partition coefficient (Wildman–Crippen LogP) is 3.39. The summed E-state index contributed by atoms with van der Waals surface area (Å²) in [5, 5.41) is 7.31. The third-order valence-corrected chi connectivity index (χ3v) is 4.38. The summed E-state index contributed by atoms with van der Waals surface area (Å²) in [5.74, 6) is 1.31. The van der Waals surface area contributed by atoms with Gasteiger partial charge in [0.05, 0.1) is 33.1 Å². The van der Waals surface area contributed by atoms with E-state index in [0.717, 1.165) is 11.3 Å². The normalized spacial score (nSPS) is 11.6. The van der Waals surface area contributed by atoms with Gasteiger partial charge in [0.15, 0.2) is 17.2 Å². The molecule has 0 saturated heterocycles. The number of nitrogens with zero attached hydrogens (tertiary/aromatic N) is 2. The van der Waals surface area contributed by atoms with Crippen molar-refractivity contribution in [3.63, 3.8) is 0 Å². The standard InChI is InChI=1S/C21H23N3O4/c1-14(15-12-18(26-2)20(28-4)19(13-15)27-3)22-21(25)17-10-11-24(23-17)16-8-6-5-7-9-16/h5-14H,1-4H3,(H,22,25). The number of ether oxygens (including phenoxy) is 3. The van der Waals surface area contributed by atoms with Gasteiger partial charge in [0.2, 0.25) is 5.75 Å². The number of para-hydroxylation sites is 1. The number of hydrogen-bond acceptors (Lipinski definition) is 5. The van der Waals surface area contributed by atoms with E-state index < -0.39 is 0 Å². The first-order valence-corrected chi connectivity index (χ1v) is 8.79. The maximum absolute atomic E-state index is 12.6. The summed E-state index contributed by atoms with van der Waals surface area (Å²) in [5.41, 5.74) is 2.05. The molecular formula is C21H23N3O4. The Morgan fingerprint density at radius 3 is 2.21 bits per heavy atom. The van der Waals surface area contributed by atoms with Crippen LogP contribution in [0.4, 0.5) is 0 Å². The lowest BCUT2D eigenvalue weighted by Crippen LogP contribution is -2.27. The molecule has 0 spiro atoms. The van der Waals surface area contributed by atoms with Gasteiger partial charge >= 0.3 is 0 Å². The molecule has 3 rings (SSSR count). The summed E-state index contributed by atoms with van der Waals surface area (Å²) in [6.07, 6.45) is 1.76. The molecule has 28 heavy (non-hydrogen) atoms. The number of aromatic nitrogens is 2. The van der Waals surface area contributed by atoms with Crippen LogP contribution in [0.25, 0.3) is 5.69 Å². The predicted molar refractivity (Wildman–Crippen MR) is 106 cm³/mol. The molecule has 0 bridgehead atoms. The Labute approximate surface area is 163 Å². The molecule has 0 fully saturated rings. The minimum absolute atomic E-state index is 0.268. The zero-order valence-electron chi connectivity index (χ0n) is 16.3. The Kier molecular flexibility index (Phi) is 5.84. The van der Waals surface area contributed by atoms with E-state index in [9.17, 15) is 4.79 Å². The molecule has 7 nitrogen and oxygen atoms in total. The Morgan fingerprint density at radius 1 is 1.00 bits per heavy atom. The van der Waals surface area contributed by atoms with Gasteiger partial charge in [0.1, 0.15) is 0 Å². The molecule has 3 aromatic rings. The Bertz CT molecular complexity index is 928. The zero-order chi connectivity index (χ0) is 20.1. The van der Waals surface area contributed by atoms with Crippen molar-refractivity contribution in [3.05, 3.63) is 66.0 Å². The molecule has 1 N–H and O–H groups in total. The van der Waals surface area contributed by atoms with E-state index in [-0.39, 0.29) is 11.9 Å². The molecule has 0 aliphatic carbocycles. The summed E-state index contributed by atoms with van der Waals surface area (Å²) in [7, 11) is 4.66. The second kappa shape index (κ2) is 8.47. The minimum Gasteiger partial charge on any atom is -0.493 e. The van der Waals surface area contributed by atoms with Gasteiger partial charge in [-0.1, -0.05) is 18.2 Å². The Balaban J connectivity index is 1.79. The van der Waals surface area contributed by atoms with Crippen LogP contribution in [0, 0.1) is 0 Å². The first kappa shape index (κ1) is 19.3. The number of carbonyl (C=O) groups excluding carboxylic acids is 1. The maximum atomic E-state index is 12.6. The Hall–Kier alpha value is -3.48. The minimum atomic E-state index is -0.289. The summed E-state index contributed by atoms with van der Waals surface area (Å²) < 4.78 is 17.8. The largest absolute Gasteiger partial charge is 0.493 e. The highest BCUT2D eigenvalue weighted by atomic mass is 16.5. The first-order chi connectivity index (χ1) is 13.6. The topological polar surface area (TPSA) is 74.6 Å². The molecule has 0 aliphatic rings. The van der Waals surface area contributed by atoms with Crippen LogP contribution in [0.1, 0.15) is 29.0 Å². The molecule has 0 aliphatic heterocycles. The van der Waals surface area contributed by atoms with E-state index >= 15 is 0 Å². The molecule has 0 radical (unpaired) electrons. The van der Waals surface area contributed by atoms with Gasteiger partial charge in [-0.15, -0.1) is 0 Å². The van der Waals surface area contributed by atoms with Crippen molar-refractivity contribution in [1.82, 2.24) is 15.1 Å². The average Bonchev–Trinajstić information content (AvgIpc) is 3.23. The van der Waals surface area contributed by atoms with E-state index in [2.05, 4.69) is 10.4 Å². The van der Waals surface area contributed by atoms with Crippen LogP contribution in [0.5, 0.6) is 17.2 Å². The second-order valence-electron chi connectivity index (χ2n) is 6.13. The van der Waals surface area contributed by atoms with Gasteiger partial charge in [0, 0.05) is 6.20 Å². The molecule has 2 aromatic carbocycles. The van der Waals surface area contributed by atoms with Crippen molar-refractivity contribution < 1.29 is 19.0 Å². The van der Waals surface area contributed by atoms with Gasteiger partial charge in [-0.3, -0.25) is 4.79 Å². The van der Waals surface area contributed by atoms with Crippen LogP contribution in [0.2, 0.25) is 0 Å². The third kappa shape index (κ3) is 3.93. The summed E-state index contributed by atoms with van der Waals surface area (Å²) in [4.78, 5) is 12.6. The lowest BCUT2D eigenvalue weighted by Gasteiger charge is -2.18. The SMILES string of the molecule is COc1cc(C(C)NC(=O)c2ccn(-c3ccccc3)n2)cc(OC)c1OC. The molecule has 1 amide bonds. The van der Waals surface area contributed by atoms with E-state index in [1.54, 1.807) is 38.3 Å². The van der Waals surface area contributed by atoms with Crippen molar-refractivity contribution in [2.45, 2.75) is 13.0 Å². The summed E-state index contributed by atoms with van der Waals surface area (Å²) in [6.45, 7) is 1.88. The maximum Gasteiger partial charge on any atom is 0.272 e. The number of carbonyl (C=O) groups is 1. The van der Waals surface area contributed by atoms with Gasteiger partial charge in [0.25, 0.3) is 5.91 Å². The fourth-order valence-corrected chi connectivity index (χ4v) is 2.87. The quantitative estimate of drug-likeness (QED) is 0.679. The molecule has 7 heteroatoms. The molecule has 1 aromatic heterocycles. The highest BCUT2D eigenvalue weighted by molar-refractivity contribution is 5.92. The number of amides is 1. The van der Waals surface area contributed by atoms with Crippen LogP contribution < -0.4 is 19.5 Å². The van der Waals surface area contributed by atoms with E-state index in [0.29, 0.717) is 22.9 Å². The smallest absolute Gasteiger partial charge is 0.272 e. The molecule has 146 valence electrons. The van der Waals surface area contributed by atoms with Crippen LogP contribution in [0.3, 0.4) is 0 Å². The fourth-order valence-electron chi connectivity index (χ4n) is 2.87. The van der Waals surface area contributed by atoms with Gasteiger partial charge in [-0.25, -0.2) is 4.68 Å². The number of nitrogens with one attached hydrogen (secondary N) is 1. The Morgan fingerprint density at radius 2 is 1.64 bits per heavy atom. The molecule has 1 heterocycles. The highest BCUT2D eigenvalue weighted by Gasteiger charge is 2.19. The summed E-state index contributed by atoms with van der Waals surface area (Å²) >= 11 is 0. The van der Waals surface area contributed by atoms with Crippen molar-refractivity contribution >= 4 is 5.91 Å². The monoisotopic (exact) mass is 381 g/mol. The van der Waals surface area contributed by atoms with E-state index in [4.69, 9.17) is 14.2 Å². The van der Waals surface area contributed by atoms with E-state index in [1.807, 2.05) is 49.4 Å². The van der Waals surface area contributed by atoms with Crippen LogP contribution >= 0.6 is 0 Å². The lowest BCUT2D eigenvalue weighted by atomic mass is 10.1. The van der Waals surface area contributed by atoms with Crippen molar-refractivity contribution in [3.8, 4) is 22.9 Å². The molecular weight excluding hydrogens is 358 g/mol. The third-order valence-electron chi connectivity index (χ3n) is 4.38. The van der Waals surface area contributed by atoms with Gasteiger partial charge in [-0.05, 0) is 42.8 Å². The first-order valence-electron chi connectivity index (χ1n) is 8.79. The van der Waals surface area contributed by atoms with Crippen LogP contribution in [-0.2, 0) is 0 Å². The van der Waals surface area contributed by atoms with Crippen LogP contribution in [-0.4, -0.2) is 37.0 Å². The zero-order valence-corrected chi connectivity index (χ0v) is 16.3. The number of methoxy groups -OCH3 is 3.